The lowest BCUT2D eigenvalue weighted by Gasteiger charge is -2.32. The normalized spacial score (nSPS) is 27.6. The van der Waals surface area contributed by atoms with Gasteiger partial charge in [0.15, 0.2) is 0 Å². The number of hydrogen-bond donors (Lipinski definition) is 0. The maximum Gasteiger partial charge on any atom is 0.460 e. The molecule has 0 amide bonds. The van der Waals surface area contributed by atoms with E-state index < -0.39 is 55.6 Å². The van der Waals surface area contributed by atoms with E-state index in [0.717, 1.165) is 32.1 Å². The maximum absolute atomic E-state index is 13.3. The Bertz CT molecular complexity index is 639. The van der Waals surface area contributed by atoms with Crippen LogP contribution >= 0.6 is 0 Å². The zero-order valence-corrected chi connectivity index (χ0v) is 17.3. The Balaban J connectivity index is 1.77. The zero-order chi connectivity index (χ0) is 24.2. The third kappa shape index (κ3) is 6.24. The number of hydrogen-bond acceptors (Lipinski definition) is 6. The smallest absolute Gasteiger partial charge is 0.460 e. The summed E-state index contributed by atoms with van der Waals surface area (Å²) in [6.07, 6.45) is -0.390. The molecule has 0 spiro atoms. The third-order valence-electron chi connectivity index (χ3n) is 5.45. The summed E-state index contributed by atoms with van der Waals surface area (Å²) in [5, 5.41) is 0. The number of carbonyl (C=O) groups is 2. The number of carbonyl (C=O) groups excluding carboxylic acids is 2. The van der Waals surface area contributed by atoms with Crippen LogP contribution in [0.15, 0.2) is 0 Å². The number of alkyl halides is 7. The average molecular weight is 482 g/mol. The maximum atomic E-state index is 13.3. The van der Waals surface area contributed by atoms with Crippen LogP contribution in [0.4, 0.5) is 30.7 Å². The van der Waals surface area contributed by atoms with Crippen LogP contribution in [-0.2, 0) is 28.5 Å². The molecule has 0 bridgehead atoms. The van der Waals surface area contributed by atoms with Crippen molar-refractivity contribution in [3.63, 3.8) is 0 Å². The lowest BCUT2D eigenvalue weighted by Crippen LogP contribution is -2.57. The molecule has 0 unspecified atom stereocenters. The van der Waals surface area contributed by atoms with Crippen molar-refractivity contribution in [2.75, 3.05) is 13.2 Å². The van der Waals surface area contributed by atoms with Gasteiger partial charge in [0.05, 0.1) is 13.2 Å². The first-order valence-electron chi connectivity index (χ1n) is 10.3. The molecule has 0 aromatic heterocycles. The van der Waals surface area contributed by atoms with Crippen molar-refractivity contribution in [1.82, 2.24) is 0 Å². The molecule has 13 heteroatoms. The van der Waals surface area contributed by atoms with Crippen molar-refractivity contribution in [2.45, 2.75) is 82.5 Å². The molecule has 2 rings (SSSR count). The molecule has 1 saturated carbocycles. The van der Waals surface area contributed by atoms with Crippen molar-refractivity contribution in [3.05, 3.63) is 0 Å². The predicted molar refractivity (Wildman–Crippen MR) is 92.6 cm³/mol. The molecule has 2 fully saturated rings. The standard InChI is InChI=1S/C19H25F7O6/c1-2-3-4-11-5-7-13(8-6-11)31-14(27)12-9-29-16(30-10-12)32-15(28)17(20,21)18(22,23)19(24,25)26/h11-13,16H,2-10H2,1H3. The van der Waals surface area contributed by atoms with Gasteiger partial charge in [-0.15, -0.1) is 0 Å². The summed E-state index contributed by atoms with van der Waals surface area (Å²) >= 11 is 0. The molecule has 0 aromatic carbocycles. The summed E-state index contributed by atoms with van der Waals surface area (Å²) in [6, 6.07) is 0. The second-order valence-electron chi connectivity index (χ2n) is 7.93. The highest BCUT2D eigenvalue weighted by molar-refractivity contribution is 5.79. The van der Waals surface area contributed by atoms with E-state index in [4.69, 9.17) is 14.2 Å². The minimum Gasteiger partial charge on any atom is -0.462 e. The molecule has 1 aliphatic carbocycles. The Morgan fingerprint density at radius 1 is 0.906 bits per heavy atom. The first-order chi connectivity index (χ1) is 14.8. The first kappa shape index (κ1) is 26.6. The Morgan fingerprint density at radius 3 is 1.97 bits per heavy atom. The summed E-state index contributed by atoms with van der Waals surface area (Å²) in [4.78, 5) is 23.4. The van der Waals surface area contributed by atoms with Crippen LogP contribution in [0.3, 0.4) is 0 Å². The van der Waals surface area contributed by atoms with Crippen molar-refractivity contribution in [2.24, 2.45) is 11.8 Å². The molecular weight excluding hydrogens is 457 g/mol. The van der Waals surface area contributed by atoms with E-state index in [1.807, 2.05) is 0 Å². The van der Waals surface area contributed by atoms with Crippen LogP contribution in [0.5, 0.6) is 0 Å². The van der Waals surface area contributed by atoms with Crippen LogP contribution in [0.2, 0.25) is 0 Å². The van der Waals surface area contributed by atoms with Gasteiger partial charge in [-0.2, -0.15) is 30.7 Å². The van der Waals surface area contributed by atoms with Crippen LogP contribution in [0, 0.1) is 11.8 Å². The minimum absolute atomic E-state index is 0.292. The topological polar surface area (TPSA) is 71.1 Å². The monoisotopic (exact) mass is 482 g/mol. The van der Waals surface area contributed by atoms with Crippen LogP contribution in [-0.4, -0.2) is 55.8 Å². The van der Waals surface area contributed by atoms with Gasteiger partial charge in [0, 0.05) is 0 Å². The fourth-order valence-corrected chi connectivity index (χ4v) is 3.45. The molecule has 32 heavy (non-hydrogen) atoms. The lowest BCUT2D eigenvalue weighted by molar-refractivity contribution is -0.361. The summed E-state index contributed by atoms with van der Waals surface area (Å²) in [7, 11) is 0. The Morgan fingerprint density at radius 2 is 1.47 bits per heavy atom. The fourth-order valence-electron chi connectivity index (χ4n) is 3.45. The third-order valence-corrected chi connectivity index (χ3v) is 5.45. The average Bonchev–Trinajstić information content (AvgIpc) is 2.72. The van der Waals surface area contributed by atoms with Gasteiger partial charge < -0.3 is 18.9 Å². The molecule has 186 valence electrons. The molecule has 0 N–H and O–H groups in total. The molecule has 2 aliphatic rings. The van der Waals surface area contributed by atoms with Gasteiger partial charge in [0.1, 0.15) is 12.0 Å². The fraction of sp³-hybridized carbons (Fsp3) is 0.895. The number of rotatable bonds is 8. The van der Waals surface area contributed by atoms with Gasteiger partial charge in [-0.1, -0.05) is 26.2 Å². The molecule has 6 nitrogen and oxygen atoms in total. The summed E-state index contributed by atoms with van der Waals surface area (Å²) in [5.41, 5.74) is 0. The molecule has 0 radical (unpaired) electrons. The van der Waals surface area contributed by atoms with Crippen molar-refractivity contribution in [1.29, 1.82) is 0 Å². The molecular formula is C19H25F7O6. The number of esters is 2. The number of unbranched alkanes of at least 4 members (excludes halogenated alkanes) is 1. The quantitative estimate of drug-likeness (QED) is 0.372. The first-order valence-corrected chi connectivity index (χ1v) is 10.3. The Hall–Kier alpha value is -1.63. The van der Waals surface area contributed by atoms with Gasteiger partial charge in [0.25, 0.3) is 0 Å². The Labute approximate surface area is 179 Å². The van der Waals surface area contributed by atoms with E-state index in [-0.39, 0.29) is 6.10 Å². The molecule has 0 atom stereocenters. The van der Waals surface area contributed by atoms with E-state index in [1.54, 1.807) is 0 Å². The van der Waals surface area contributed by atoms with Crippen LogP contribution in [0.1, 0.15) is 51.9 Å². The predicted octanol–water partition coefficient (Wildman–Crippen LogP) is 4.60. The van der Waals surface area contributed by atoms with E-state index in [2.05, 4.69) is 11.7 Å². The van der Waals surface area contributed by atoms with Crippen molar-refractivity contribution < 1.29 is 59.3 Å². The zero-order valence-electron chi connectivity index (χ0n) is 17.3. The number of halogens is 7. The van der Waals surface area contributed by atoms with Gasteiger partial charge in [-0.05, 0) is 31.6 Å². The molecule has 1 aliphatic heterocycles. The summed E-state index contributed by atoms with van der Waals surface area (Å²) in [6.45, 7) is -1.21. The molecule has 0 aromatic rings. The van der Waals surface area contributed by atoms with Crippen molar-refractivity contribution in [3.8, 4) is 0 Å². The second-order valence-corrected chi connectivity index (χ2v) is 7.93. The minimum atomic E-state index is -6.69. The van der Waals surface area contributed by atoms with E-state index >= 15 is 0 Å². The van der Waals surface area contributed by atoms with Gasteiger partial charge in [-0.25, -0.2) is 4.79 Å². The molecule has 1 saturated heterocycles. The summed E-state index contributed by atoms with van der Waals surface area (Å²) in [5.74, 6) is -17.1. The van der Waals surface area contributed by atoms with Crippen LogP contribution < -0.4 is 0 Å². The highest BCUT2D eigenvalue weighted by atomic mass is 19.4. The SMILES string of the molecule is CCCCC1CCC(OC(=O)C2COC(OC(=O)C(F)(F)C(F)(F)C(F)(F)F)OC2)CC1. The summed E-state index contributed by atoms with van der Waals surface area (Å²) < 4.78 is 107. The number of ether oxygens (including phenoxy) is 4. The van der Waals surface area contributed by atoms with Gasteiger partial charge in [-0.3, -0.25) is 4.79 Å². The van der Waals surface area contributed by atoms with Crippen molar-refractivity contribution >= 4 is 11.9 Å². The molecule has 1 heterocycles. The largest absolute Gasteiger partial charge is 0.462 e. The second kappa shape index (κ2) is 10.5. The van der Waals surface area contributed by atoms with Gasteiger partial charge >= 0.3 is 36.4 Å². The Kier molecular flexibility index (Phi) is 8.76. The lowest BCUT2D eigenvalue weighted by atomic mass is 9.84. The van der Waals surface area contributed by atoms with E-state index in [9.17, 15) is 40.3 Å². The highest BCUT2D eigenvalue weighted by Crippen LogP contribution is 2.47. The van der Waals surface area contributed by atoms with E-state index in [1.165, 1.54) is 0 Å². The highest BCUT2D eigenvalue weighted by Gasteiger charge is 2.77. The van der Waals surface area contributed by atoms with E-state index in [0.29, 0.717) is 18.8 Å². The van der Waals surface area contributed by atoms with Gasteiger partial charge in [0.2, 0.25) is 0 Å². The van der Waals surface area contributed by atoms with Crippen LogP contribution in [0.25, 0.3) is 0 Å².